The highest BCUT2D eigenvalue weighted by atomic mass is 35.5. The molecule has 4 nitrogen and oxygen atoms in total. The monoisotopic (exact) mass is 487 g/mol. The molecule has 0 aliphatic carbocycles. The Morgan fingerprint density at radius 1 is 1.17 bits per heavy atom. The van der Waals surface area contributed by atoms with E-state index in [4.69, 9.17) is 16.6 Å². The fourth-order valence-electron chi connectivity index (χ4n) is 2.76. The lowest BCUT2D eigenvalue weighted by atomic mass is 10.2. The molecule has 0 spiro atoms. The molecule has 1 amide bonds. The van der Waals surface area contributed by atoms with Gasteiger partial charge in [-0.05, 0) is 56.9 Å². The number of rotatable bonds is 8. The number of aryl methyl sites for hydroxylation is 1. The summed E-state index contributed by atoms with van der Waals surface area (Å²) in [4.78, 5) is 22.5. The van der Waals surface area contributed by atoms with Gasteiger partial charge in [0, 0.05) is 30.2 Å². The third kappa shape index (κ3) is 6.31. The largest absolute Gasteiger partial charge is 0.308 e. The summed E-state index contributed by atoms with van der Waals surface area (Å²) in [7, 11) is 3.96. The average Bonchev–Trinajstić information content (AvgIpc) is 3.13. The Kier molecular flexibility index (Phi) is 9.37. The van der Waals surface area contributed by atoms with Crippen LogP contribution in [0.5, 0.6) is 0 Å². The van der Waals surface area contributed by atoms with Crippen molar-refractivity contribution >= 4 is 68.4 Å². The molecule has 30 heavy (non-hydrogen) atoms. The lowest BCUT2D eigenvalue weighted by molar-refractivity contribution is -0.118. The van der Waals surface area contributed by atoms with E-state index < -0.39 is 0 Å². The van der Waals surface area contributed by atoms with Crippen LogP contribution in [-0.4, -0.2) is 48.7 Å². The topological polar surface area (TPSA) is 36.4 Å². The van der Waals surface area contributed by atoms with Crippen LogP contribution in [0.15, 0.2) is 41.3 Å². The maximum Gasteiger partial charge on any atom is 0.229 e. The van der Waals surface area contributed by atoms with Crippen molar-refractivity contribution in [3.63, 3.8) is 0 Å². The molecule has 3 rings (SSSR count). The smallest absolute Gasteiger partial charge is 0.229 e. The number of thioether (sulfide) groups is 1. The molecule has 162 valence electrons. The number of hydrogen-bond acceptors (Lipinski definition) is 5. The summed E-state index contributed by atoms with van der Waals surface area (Å²) in [6.45, 7) is 3.29. The zero-order valence-electron chi connectivity index (χ0n) is 17.0. The quantitative estimate of drug-likeness (QED) is 0.370. The summed E-state index contributed by atoms with van der Waals surface area (Å²) >= 11 is 9.34. The molecular weight excluding hydrogens is 464 g/mol. The fourth-order valence-corrected chi connectivity index (χ4v) is 4.96. The first kappa shape index (κ1) is 24.9. The van der Waals surface area contributed by atoms with E-state index in [1.165, 1.54) is 23.5 Å². The molecule has 2 aromatic carbocycles. The van der Waals surface area contributed by atoms with Crippen LogP contribution in [0.2, 0.25) is 5.02 Å². The number of benzene rings is 2. The number of hydrogen-bond donors (Lipinski definition) is 0. The number of nitrogens with zero attached hydrogens (tertiary/aromatic N) is 3. The molecule has 0 saturated heterocycles. The lowest BCUT2D eigenvalue weighted by Gasteiger charge is -2.22. The van der Waals surface area contributed by atoms with E-state index in [0.29, 0.717) is 28.9 Å². The number of halogens is 3. The van der Waals surface area contributed by atoms with Crippen molar-refractivity contribution in [2.75, 3.05) is 37.8 Å². The molecule has 9 heteroatoms. The highest BCUT2D eigenvalue weighted by Crippen LogP contribution is 2.36. The Balaban J connectivity index is 0.00000320. The second-order valence-corrected chi connectivity index (χ2v) is 9.49. The van der Waals surface area contributed by atoms with Gasteiger partial charge in [0.05, 0.1) is 15.2 Å². The van der Waals surface area contributed by atoms with Crippen LogP contribution < -0.4 is 4.90 Å². The third-order valence-electron chi connectivity index (χ3n) is 4.39. The highest BCUT2D eigenvalue weighted by molar-refractivity contribution is 7.99. The van der Waals surface area contributed by atoms with Crippen molar-refractivity contribution < 1.29 is 9.18 Å². The van der Waals surface area contributed by atoms with E-state index in [2.05, 4.69) is 0 Å². The van der Waals surface area contributed by atoms with Gasteiger partial charge in [0.2, 0.25) is 5.91 Å². The molecule has 1 heterocycles. The Morgan fingerprint density at radius 2 is 1.87 bits per heavy atom. The first-order chi connectivity index (χ1) is 13.8. The molecule has 0 radical (unpaired) electrons. The maximum atomic E-state index is 13.0. The van der Waals surface area contributed by atoms with Crippen LogP contribution >= 0.6 is 47.1 Å². The number of carbonyl (C=O) groups is 1. The molecule has 0 unspecified atom stereocenters. The van der Waals surface area contributed by atoms with Gasteiger partial charge in [-0.15, -0.1) is 24.2 Å². The molecule has 3 aromatic rings. The number of carbonyl (C=O) groups excluding carboxylic acids is 1. The molecule has 0 atom stereocenters. The average molecular weight is 488 g/mol. The van der Waals surface area contributed by atoms with Gasteiger partial charge < -0.3 is 4.90 Å². The van der Waals surface area contributed by atoms with E-state index >= 15 is 0 Å². The molecule has 0 aliphatic heterocycles. The minimum absolute atomic E-state index is 0. The van der Waals surface area contributed by atoms with Crippen LogP contribution in [-0.2, 0) is 4.79 Å². The molecule has 1 aromatic heterocycles. The summed E-state index contributed by atoms with van der Waals surface area (Å²) in [5, 5.41) is 1.33. The van der Waals surface area contributed by atoms with E-state index in [0.717, 1.165) is 27.2 Å². The van der Waals surface area contributed by atoms with E-state index in [9.17, 15) is 9.18 Å². The number of likely N-dealkylation sites (N-methyl/N-ethyl adjacent to an activating group) is 1. The number of aromatic nitrogens is 1. The first-order valence-corrected chi connectivity index (χ1v) is 11.4. The van der Waals surface area contributed by atoms with Crippen molar-refractivity contribution in [1.29, 1.82) is 0 Å². The van der Waals surface area contributed by atoms with Crippen molar-refractivity contribution in [2.45, 2.75) is 18.2 Å². The van der Waals surface area contributed by atoms with Crippen LogP contribution in [0, 0.1) is 12.7 Å². The molecule has 0 aliphatic rings. The predicted octanol–water partition coefficient (Wildman–Crippen LogP) is 5.90. The normalized spacial score (nSPS) is 11.0. The Hall–Kier alpha value is -1.38. The van der Waals surface area contributed by atoms with Gasteiger partial charge in [-0.2, -0.15) is 0 Å². The molecule has 0 saturated carbocycles. The summed E-state index contributed by atoms with van der Waals surface area (Å²) < 4.78 is 13.9. The first-order valence-electron chi connectivity index (χ1n) is 9.24. The second-order valence-electron chi connectivity index (χ2n) is 6.94. The Labute approximate surface area is 195 Å². The molecule has 0 bridgehead atoms. The summed E-state index contributed by atoms with van der Waals surface area (Å²) in [5.74, 6) is 0.382. The minimum atomic E-state index is -0.259. The van der Waals surface area contributed by atoms with Gasteiger partial charge in [-0.1, -0.05) is 29.0 Å². The van der Waals surface area contributed by atoms with Crippen molar-refractivity contribution in [3.8, 4) is 0 Å². The predicted molar refractivity (Wildman–Crippen MR) is 129 cm³/mol. The van der Waals surface area contributed by atoms with E-state index in [-0.39, 0.29) is 24.1 Å². The number of amides is 1. The number of fused-ring (bicyclic) bond motifs is 1. The van der Waals surface area contributed by atoms with Gasteiger partial charge in [-0.3, -0.25) is 9.69 Å². The molecule has 0 N–H and O–H groups in total. The standard InChI is InChI=1S/C21H23ClFN3OS2.ClH/c1-14-4-9-17(22)20-19(14)24-21(29-20)26(12-11-25(2)3)18(27)10-13-28-16-7-5-15(23)6-8-16;/h4-9H,10-13H2,1-3H3;1H. The molecular formula is C21H24Cl2FN3OS2. The summed E-state index contributed by atoms with van der Waals surface area (Å²) in [6, 6.07) is 10.1. The number of anilines is 1. The van der Waals surface area contributed by atoms with Gasteiger partial charge in [0.1, 0.15) is 5.82 Å². The SMILES string of the molecule is Cc1ccc(Cl)c2sc(N(CCN(C)C)C(=O)CCSc3ccc(F)cc3)nc12.Cl. The van der Waals surface area contributed by atoms with Crippen LogP contribution in [0.3, 0.4) is 0 Å². The van der Waals surface area contributed by atoms with Crippen molar-refractivity contribution in [3.05, 3.63) is 52.8 Å². The van der Waals surface area contributed by atoms with Crippen LogP contribution in [0.4, 0.5) is 9.52 Å². The van der Waals surface area contributed by atoms with Gasteiger partial charge in [-0.25, -0.2) is 9.37 Å². The lowest BCUT2D eigenvalue weighted by Crippen LogP contribution is -2.36. The third-order valence-corrected chi connectivity index (χ3v) is 6.94. The summed E-state index contributed by atoms with van der Waals surface area (Å²) in [5.41, 5.74) is 1.89. The van der Waals surface area contributed by atoms with Crippen LogP contribution in [0.25, 0.3) is 10.2 Å². The Bertz CT molecular complexity index is 957. The Morgan fingerprint density at radius 3 is 2.50 bits per heavy atom. The second kappa shape index (κ2) is 11.3. The highest BCUT2D eigenvalue weighted by Gasteiger charge is 2.21. The maximum absolute atomic E-state index is 13.0. The van der Waals surface area contributed by atoms with Crippen LogP contribution in [0.1, 0.15) is 12.0 Å². The molecule has 0 fully saturated rings. The minimum Gasteiger partial charge on any atom is -0.308 e. The van der Waals surface area contributed by atoms with E-state index in [1.807, 2.05) is 38.1 Å². The van der Waals surface area contributed by atoms with Crippen molar-refractivity contribution in [1.82, 2.24) is 9.88 Å². The zero-order valence-corrected chi connectivity index (χ0v) is 20.2. The van der Waals surface area contributed by atoms with Gasteiger partial charge in [0.15, 0.2) is 5.13 Å². The number of thiazole rings is 1. The zero-order chi connectivity index (χ0) is 21.0. The fraction of sp³-hybridized carbons (Fsp3) is 0.333. The van der Waals surface area contributed by atoms with Crippen molar-refractivity contribution in [2.24, 2.45) is 0 Å². The van der Waals surface area contributed by atoms with Gasteiger partial charge in [0.25, 0.3) is 0 Å². The van der Waals surface area contributed by atoms with Gasteiger partial charge >= 0.3 is 0 Å². The summed E-state index contributed by atoms with van der Waals surface area (Å²) in [6.07, 6.45) is 0.373. The van der Waals surface area contributed by atoms with E-state index in [1.54, 1.807) is 28.8 Å².